The van der Waals surface area contributed by atoms with E-state index in [9.17, 15) is 0 Å². The number of piperazine rings is 1. The highest BCUT2D eigenvalue weighted by Crippen LogP contribution is 2.16. The van der Waals surface area contributed by atoms with Crippen LogP contribution in [0.5, 0.6) is 0 Å². The molecule has 88 valence electrons. The smallest absolute Gasteiger partial charge is 0.0110 e. The lowest BCUT2D eigenvalue weighted by Crippen LogP contribution is -2.45. The van der Waals surface area contributed by atoms with Gasteiger partial charge in [0.1, 0.15) is 0 Å². The molecule has 1 atom stereocenters. The Morgan fingerprint density at radius 3 is 2.31 bits per heavy atom. The summed E-state index contributed by atoms with van der Waals surface area (Å²) in [6, 6.07) is 10.8. The second-order valence-electron chi connectivity index (χ2n) is 4.92. The molecule has 0 bridgehead atoms. The number of hydrogen-bond acceptors (Lipinski definition) is 2. The number of hydrogen-bond donors (Lipinski definition) is 0. The van der Waals surface area contributed by atoms with E-state index < -0.39 is 0 Å². The van der Waals surface area contributed by atoms with Gasteiger partial charge in [0.05, 0.1) is 0 Å². The van der Waals surface area contributed by atoms with Crippen molar-refractivity contribution >= 4 is 0 Å². The minimum absolute atomic E-state index is 0.643. The normalized spacial score (nSPS) is 20.9. The molecular formula is C14H22N2. The van der Waals surface area contributed by atoms with Gasteiger partial charge in [0.15, 0.2) is 0 Å². The maximum Gasteiger partial charge on any atom is 0.0110 e. The van der Waals surface area contributed by atoms with Crippen LogP contribution in [0, 0.1) is 0 Å². The Labute approximate surface area is 98.9 Å². The van der Waals surface area contributed by atoms with E-state index >= 15 is 0 Å². The van der Waals surface area contributed by atoms with Crippen LogP contribution in [-0.2, 0) is 0 Å². The average molecular weight is 218 g/mol. The van der Waals surface area contributed by atoms with Crippen molar-refractivity contribution in [2.45, 2.75) is 12.8 Å². The fourth-order valence-electron chi connectivity index (χ4n) is 2.30. The molecule has 0 N–H and O–H groups in total. The Morgan fingerprint density at radius 1 is 1.06 bits per heavy atom. The van der Waals surface area contributed by atoms with E-state index in [4.69, 9.17) is 0 Å². The summed E-state index contributed by atoms with van der Waals surface area (Å²) in [5.41, 5.74) is 1.46. The number of likely N-dealkylation sites (N-methyl/N-ethyl adjacent to an activating group) is 1. The molecule has 2 nitrogen and oxygen atoms in total. The predicted molar refractivity (Wildman–Crippen MR) is 68.8 cm³/mol. The highest BCUT2D eigenvalue weighted by molar-refractivity contribution is 5.19. The fraction of sp³-hybridized carbons (Fsp3) is 0.571. The van der Waals surface area contributed by atoms with Crippen LogP contribution in [0.1, 0.15) is 18.4 Å². The third kappa shape index (κ3) is 3.06. The maximum atomic E-state index is 2.58. The Morgan fingerprint density at radius 2 is 1.69 bits per heavy atom. The molecule has 2 heteroatoms. The minimum atomic E-state index is 0.643. The molecule has 1 saturated heterocycles. The summed E-state index contributed by atoms with van der Waals surface area (Å²) < 4.78 is 0. The van der Waals surface area contributed by atoms with Crippen LogP contribution < -0.4 is 0 Å². The number of rotatable bonds is 3. The van der Waals surface area contributed by atoms with Gasteiger partial charge in [-0.05, 0) is 18.5 Å². The second-order valence-corrected chi connectivity index (χ2v) is 4.92. The van der Waals surface area contributed by atoms with Crippen molar-refractivity contribution in [1.29, 1.82) is 0 Å². The van der Waals surface area contributed by atoms with Gasteiger partial charge < -0.3 is 9.80 Å². The Balaban J connectivity index is 1.86. The minimum Gasteiger partial charge on any atom is -0.304 e. The van der Waals surface area contributed by atoms with E-state index in [0.29, 0.717) is 5.92 Å². The van der Waals surface area contributed by atoms with Crippen LogP contribution >= 0.6 is 0 Å². The Kier molecular flexibility index (Phi) is 3.97. The summed E-state index contributed by atoms with van der Waals surface area (Å²) in [4.78, 5) is 4.99. The van der Waals surface area contributed by atoms with Crippen molar-refractivity contribution in [1.82, 2.24) is 9.80 Å². The van der Waals surface area contributed by atoms with Gasteiger partial charge in [-0.25, -0.2) is 0 Å². The van der Waals surface area contributed by atoms with Gasteiger partial charge in [0.25, 0.3) is 0 Å². The fourth-order valence-corrected chi connectivity index (χ4v) is 2.30. The van der Waals surface area contributed by atoms with E-state index in [2.05, 4.69) is 54.1 Å². The van der Waals surface area contributed by atoms with Crippen molar-refractivity contribution in [3.8, 4) is 0 Å². The van der Waals surface area contributed by atoms with Gasteiger partial charge in [0, 0.05) is 32.7 Å². The first-order valence-electron chi connectivity index (χ1n) is 6.21. The molecule has 1 heterocycles. The average Bonchev–Trinajstić information content (AvgIpc) is 2.33. The summed E-state index contributed by atoms with van der Waals surface area (Å²) in [5.74, 6) is 0.643. The summed E-state index contributed by atoms with van der Waals surface area (Å²) in [6.45, 7) is 8.37. The van der Waals surface area contributed by atoms with Gasteiger partial charge >= 0.3 is 0 Å². The summed E-state index contributed by atoms with van der Waals surface area (Å²) in [6.07, 6.45) is 0. The quantitative estimate of drug-likeness (QED) is 0.766. The first-order valence-corrected chi connectivity index (χ1v) is 6.21. The molecule has 1 fully saturated rings. The highest BCUT2D eigenvalue weighted by Gasteiger charge is 2.16. The van der Waals surface area contributed by atoms with E-state index in [1.54, 1.807) is 0 Å². The van der Waals surface area contributed by atoms with Crippen LogP contribution in [0.3, 0.4) is 0 Å². The first-order chi connectivity index (χ1) is 7.75. The van der Waals surface area contributed by atoms with Crippen molar-refractivity contribution in [3.63, 3.8) is 0 Å². The molecule has 0 aliphatic carbocycles. The van der Waals surface area contributed by atoms with E-state index in [1.165, 1.54) is 38.3 Å². The highest BCUT2D eigenvalue weighted by atomic mass is 15.2. The lowest BCUT2D eigenvalue weighted by molar-refractivity contribution is 0.149. The van der Waals surface area contributed by atoms with Crippen molar-refractivity contribution in [2.24, 2.45) is 0 Å². The van der Waals surface area contributed by atoms with Gasteiger partial charge in [-0.2, -0.15) is 0 Å². The zero-order valence-corrected chi connectivity index (χ0v) is 10.4. The van der Waals surface area contributed by atoms with Crippen molar-refractivity contribution in [3.05, 3.63) is 35.9 Å². The van der Waals surface area contributed by atoms with Crippen LogP contribution in [0.4, 0.5) is 0 Å². The molecule has 0 radical (unpaired) electrons. The topological polar surface area (TPSA) is 6.48 Å². The van der Waals surface area contributed by atoms with Crippen LogP contribution in [-0.4, -0.2) is 49.6 Å². The molecule has 0 aromatic heterocycles. The summed E-state index contributed by atoms with van der Waals surface area (Å²) >= 11 is 0. The Bertz CT molecular complexity index is 302. The van der Waals surface area contributed by atoms with E-state index in [-0.39, 0.29) is 0 Å². The molecular weight excluding hydrogens is 196 g/mol. The van der Waals surface area contributed by atoms with Crippen LogP contribution in [0.25, 0.3) is 0 Å². The summed E-state index contributed by atoms with van der Waals surface area (Å²) in [5, 5.41) is 0. The molecule has 16 heavy (non-hydrogen) atoms. The Hall–Kier alpha value is -0.860. The molecule has 1 unspecified atom stereocenters. The molecule has 0 saturated carbocycles. The molecule has 1 aromatic carbocycles. The molecule has 1 aliphatic heterocycles. The molecule has 0 spiro atoms. The van der Waals surface area contributed by atoms with Crippen LogP contribution in [0.15, 0.2) is 30.3 Å². The predicted octanol–water partition coefficient (Wildman–Crippen LogP) is 2.04. The zero-order valence-electron chi connectivity index (χ0n) is 10.4. The molecule has 2 rings (SSSR count). The van der Waals surface area contributed by atoms with Gasteiger partial charge in [-0.3, -0.25) is 0 Å². The maximum absolute atomic E-state index is 2.58. The summed E-state index contributed by atoms with van der Waals surface area (Å²) in [7, 11) is 2.21. The van der Waals surface area contributed by atoms with E-state index in [1.807, 2.05) is 0 Å². The standard InChI is InChI=1S/C14H22N2/c1-13(14-6-4-3-5-7-14)12-16-10-8-15(2)9-11-16/h3-7,13H,8-12H2,1-2H3. The second kappa shape index (κ2) is 5.46. The SMILES string of the molecule is CC(CN1CCN(C)CC1)c1ccccc1. The number of benzene rings is 1. The van der Waals surface area contributed by atoms with E-state index in [0.717, 1.165) is 0 Å². The molecule has 0 amide bonds. The largest absolute Gasteiger partial charge is 0.304 e. The number of nitrogens with zero attached hydrogens (tertiary/aromatic N) is 2. The first kappa shape index (κ1) is 11.6. The zero-order chi connectivity index (χ0) is 11.4. The third-order valence-corrected chi connectivity index (χ3v) is 3.50. The third-order valence-electron chi connectivity index (χ3n) is 3.50. The van der Waals surface area contributed by atoms with Gasteiger partial charge in [-0.1, -0.05) is 37.3 Å². The van der Waals surface area contributed by atoms with Crippen molar-refractivity contribution in [2.75, 3.05) is 39.8 Å². The lowest BCUT2D eigenvalue weighted by atomic mass is 10.0. The van der Waals surface area contributed by atoms with Gasteiger partial charge in [-0.15, -0.1) is 0 Å². The van der Waals surface area contributed by atoms with Crippen LogP contribution in [0.2, 0.25) is 0 Å². The van der Waals surface area contributed by atoms with Crippen molar-refractivity contribution < 1.29 is 0 Å². The molecule has 1 aliphatic rings. The molecule has 1 aromatic rings. The van der Waals surface area contributed by atoms with Gasteiger partial charge in [0.2, 0.25) is 0 Å². The monoisotopic (exact) mass is 218 g/mol. The lowest BCUT2D eigenvalue weighted by Gasteiger charge is -2.34.